The molecule has 142 valence electrons. The van der Waals surface area contributed by atoms with Crippen LogP contribution in [0.4, 0.5) is 0 Å². The Hall–Kier alpha value is -0.870. The van der Waals surface area contributed by atoms with Crippen molar-refractivity contribution in [1.82, 2.24) is 15.5 Å². The Morgan fingerprint density at radius 3 is 2.44 bits per heavy atom. The monoisotopic (exact) mass is 480 g/mol. The Kier molecular flexibility index (Phi) is 9.73. The maximum atomic E-state index is 11.2. The van der Waals surface area contributed by atoms with Gasteiger partial charge in [-0.25, -0.2) is 8.42 Å². The van der Waals surface area contributed by atoms with E-state index >= 15 is 0 Å². The van der Waals surface area contributed by atoms with Gasteiger partial charge in [0.15, 0.2) is 5.96 Å². The standard InChI is InChI=1S/C17H28N4O2S.HI/c1-18-17(19-10-13-24(2,22)23)20-16-8-11-21(12-9-16)14-15-6-4-3-5-7-15;/h3-7,16H,8-14H2,1-2H3,(H2,18,19,20);1H. The molecule has 1 fully saturated rings. The van der Waals surface area contributed by atoms with Crippen molar-refractivity contribution in [3.05, 3.63) is 35.9 Å². The van der Waals surface area contributed by atoms with Crippen molar-refractivity contribution in [3.63, 3.8) is 0 Å². The van der Waals surface area contributed by atoms with Gasteiger partial charge in [-0.15, -0.1) is 24.0 Å². The van der Waals surface area contributed by atoms with Crippen LogP contribution in [0.3, 0.4) is 0 Å². The molecule has 1 saturated heterocycles. The second-order valence-electron chi connectivity index (χ2n) is 6.31. The van der Waals surface area contributed by atoms with Crippen molar-refractivity contribution in [3.8, 4) is 0 Å². The molecule has 0 aromatic heterocycles. The van der Waals surface area contributed by atoms with Crippen molar-refractivity contribution >= 4 is 39.8 Å². The highest BCUT2D eigenvalue weighted by Gasteiger charge is 2.20. The Bertz CT molecular complexity index is 629. The number of nitrogens with zero attached hydrogens (tertiary/aromatic N) is 2. The van der Waals surface area contributed by atoms with Gasteiger partial charge in [0.2, 0.25) is 0 Å². The lowest BCUT2D eigenvalue weighted by Crippen LogP contribution is -2.49. The second-order valence-corrected chi connectivity index (χ2v) is 8.57. The van der Waals surface area contributed by atoms with Gasteiger partial charge in [0.05, 0.1) is 5.75 Å². The number of guanidine groups is 1. The van der Waals surface area contributed by atoms with Gasteiger partial charge in [-0.05, 0) is 18.4 Å². The van der Waals surface area contributed by atoms with Gasteiger partial charge in [0, 0.05) is 45.5 Å². The lowest BCUT2D eigenvalue weighted by molar-refractivity contribution is 0.198. The van der Waals surface area contributed by atoms with E-state index in [9.17, 15) is 8.42 Å². The van der Waals surface area contributed by atoms with Gasteiger partial charge in [-0.2, -0.15) is 0 Å². The van der Waals surface area contributed by atoms with E-state index in [0.717, 1.165) is 32.5 Å². The molecule has 25 heavy (non-hydrogen) atoms. The molecule has 0 saturated carbocycles. The van der Waals surface area contributed by atoms with Crippen LogP contribution in [0.2, 0.25) is 0 Å². The van der Waals surface area contributed by atoms with Gasteiger partial charge in [-0.1, -0.05) is 30.3 Å². The van der Waals surface area contributed by atoms with E-state index in [0.29, 0.717) is 18.5 Å². The number of nitrogens with one attached hydrogen (secondary N) is 2. The molecular weight excluding hydrogens is 451 g/mol. The minimum Gasteiger partial charge on any atom is -0.355 e. The summed E-state index contributed by atoms with van der Waals surface area (Å²) in [6, 6.07) is 10.9. The average Bonchev–Trinajstić information content (AvgIpc) is 2.55. The minimum atomic E-state index is -2.95. The second kappa shape index (κ2) is 11.0. The fourth-order valence-electron chi connectivity index (χ4n) is 2.82. The molecule has 0 amide bonds. The number of benzene rings is 1. The van der Waals surface area contributed by atoms with Gasteiger partial charge in [0.1, 0.15) is 9.84 Å². The van der Waals surface area contributed by atoms with E-state index in [4.69, 9.17) is 0 Å². The van der Waals surface area contributed by atoms with E-state index in [1.165, 1.54) is 11.8 Å². The van der Waals surface area contributed by atoms with Crippen molar-refractivity contribution in [2.45, 2.75) is 25.4 Å². The summed E-state index contributed by atoms with van der Waals surface area (Å²) >= 11 is 0. The summed E-state index contributed by atoms with van der Waals surface area (Å²) < 4.78 is 22.3. The maximum absolute atomic E-state index is 11.2. The van der Waals surface area contributed by atoms with E-state index < -0.39 is 9.84 Å². The van der Waals surface area contributed by atoms with E-state index in [1.54, 1.807) is 7.05 Å². The molecule has 1 aliphatic rings. The zero-order valence-electron chi connectivity index (χ0n) is 14.9. The van der Waals surface area contributed by atoms with Crippen LogP contribution in [-0.4, -0.2) is 64.0 Å². The zero-order valence-corrected chi connectivity index (χ0v) is 18.1. The Balaban J connectivity index is 0.00000312. The van der Waals surface area contributed by atoms with Gasteiger partial charge >= 0.3 is 0 Å². The molecular formula is C17H29IN4O2S. The van der Waals surface area contributed by atoms with E-state index in [2.05, 4.69) is 44.8 Å². The third-order valence-electron chi connectivity index (χ3n) is 4.17. The first kappa shape index (κ1) is 22.2. The summed E-state index contributed by atoms with van der Waals surface area (Å²) in [5.74, 6) is 0.795. The first-order valence-corrected chi connectivity index (χ1v) is 10.4. The molecule has 1 aromatic carbocycles. The molecule has 2 N–H and O–H groups in total. The van der Waals surface area contributed by atoms with Crippen molar-refractivity contribution in [1.29, 1.82) is 0 Å². The highest BCUT2D eigenvalue weighted by atomic mass is 127. The molecule has 8 heteroatoms. The molecule has 2 rings (SSSR count). The number of likely N-dealkylation sites (tertiary alicyclic amines) is 1. The number of halogens is 1. The third-order valence-corrected chi connectivity index (χ3v) is 5.11. The normalized spacial score (nSPS) is 17.0. The fraction of sp³-hybridized carbons (Fsp3) is 0.588. The molecule has 1 heterocycles. The third kappa shape index (κ3) is 8.87. The number of rotatable bonds is 6. The van der Waals surface area contributed by atoms with Gasteiger partial charge < -0.3 is 10.6 Å². The predicted octanol–water partition coefficient (Wildman–Crippen LogP) is 1.48. The summed E-state index contributed by atoms with van der Waals surface area (Å²) in [6.45, 7) is 3.47. The quantitative estimate of drug-likeness (QED) is 0.367. The average molecular weight is 480 g/mol. The van der Waals surface area contributed by atoms with Crippen molar-refractivity contribution in [2.75, 3.05) is 38.7 Å². The van der Waals surface area contributed by atoms with Crippen LogP contribution in [0.5, 0.6) is 0 Å². The maximum Gasteiger partial charge on any atom is 0.191 e. The molecule has 0 spiro atoms. The number of hydrogen-bond acceptors (Lipinski definition) is 4. The topological polar surface area (TPSA) is 73.8 Å². The summed E-state index contributed by atoms with van der Waals surface area (Å²) in [4.78, 5) is 6.64. The van der Waals surface area contributed by atoms with Crippen LogP contribution in [0.25, 0.3) is 0 Å². The largest absolute Gasteiger partial charge is 0.355 e. The Morgan fingerprint density at radius 1 is 1.24 bits per heavy atom. The number of hydrogen-bond donors (Lipinski definition) is 2. The first-order chi connectivity index (χ1) is 11.5. The summed E-state index contributed by atoms with van der Waals surface area (Å²) in [6.07, 6.45) is 3.35. The van der Waals surface area contributed by atoms with E-state index in [1.807, 2.05) is 6.07 Å². The predicted molar refractivity (Wildman–Crippen MR) is 114 cm³/mol. The molecule has 0 bridgehead atoms. The zero-order chi connectivity index (χ0) is 17.4. The highest BCUT2D eigenvalue weighted by Crippen LogP contribution is 2.13. The first-order valence-electron chi connectivity index (χ1n) is 8.37. The highest BCUT2D eigenvalue weighted by molar-refractivity contribution is 14.0. The van der Waals surface area contributed by atoms with Crippen LogP contribution in [0.1, 0.15) is 18.4 Å². The van der Waals surface area contributed by atoms with Gasteiger partial charge in [-0.3, -0.25) is 9.89 Å². The summed E-state index contributed by atoms with van der Waals surface area (Å²) in [5, 5.41) is 6.46. The van der Waals surface area contributed by atoms with Crippen LogP contribution in [0, 0.1) is 0 Å². The summed E-state index contributed by atoms with van der Waals surface area (Å²) in [7, 11) is -1.24. The number of piperidine rings is 1. The fourth-order valence-corrected chi connectivity index (χ4v) is 3.29. The number of aliphatic imine (C=N–C) groups is 1. The minimum absolute atomic E-state index is 0. The summed E-state index contributed by atoms with van der Waals surface area (Å²) in [5.41, 5.74) is 1.35. The molecule has 1 aromatic rings. The Labute approximate surface area is 168 Å². The van der Waals surface area contributed by atoms with Crippen molar-refractivity contribution in [2.24, 2.45) is 4.99 Å². The smallest absolute Gasteiger partial charge is 0.191 e. The molecule has 0 unspecified atom stereocenters. The van der Waals surface area contributed by atoms with Crippen LogP contribution >= 0.6 is 24.0 Å². The van der Waals surface area contributed by atoms with Gasteiger partial charge in [0.25, 0.3) is 0 Å². The lowest BCUT2D eigenvalue weighted by atomic mass is 10.0. The van der Waals surface area contributed by atoms with E-state index in [-0.39, 0.29) is 29.7 Å². The molecule has 0 radical (unpaired) electrons. The van der Waals surface area contributed by atoms with Crippen LogP contribution in [0.15, 0.2) is 35.3 Å². The molecule has 6 nitrogen and oxygen atoms in total. The van der Waals surface area contributed by atoms with Crippen LogP contribution in [-0.2, 0) is 16.4 Å². The Morgan fingerprint density at radius 2 is 1.88 bits per heavy atom. The SMILES string of the molecule is CN=C(NCCS(C)(=O)=O)NC1CCN(Cc2ccccc2)CC1.I. The number of sulfone groups is 1. The van der Waals surface area contributed by atoms with Crippen LogP contribution < -0.4 is 10.6 Å². The lowest BCUT2D eigenvalue weighted by Gasteiger charge is -2.33. The van der Waals surface area contributed by atoms with Crippen molar-refractivity contribution < 1.29 is 8.42 Å². The molecule has 0 atom stereocenters. The molecule has 1 aliphatic heterocycles. The molecule has 0 aliphatic carbocycles.